The second-order valence-electron chi connectivity index (χ2n) is 3.47. The highest BCUT2D eigenvalue weighted by atomic mass is 127. The predicted molar refractivity (Wildman–Crippen MR) is 76.3 cm³/mol. The summed E-state index contributed by atoms with van der Waals surface area (Å²) in [6.07, 6.45) is 1.88. The van der Waals surface area contributed by atoms with E-state index in [4.69, 9.17) is 4.74 Å². The van der Waals surface area contributed by atoms with E-state index in [-0.39, 0.29) is 4.90 Å². The number of alkyl halides is 1. The normalized spacial score (nSPS) is 11.4. The number of hydrogen-bond donors (Lipinski definition) is 1. The van der Waals surface area contributed by atoms with Gasteiger partial charge in [-0.05, 0) is 41.5 Å². The summed E-state index contributed by atoms with van der Waals surface area (Å²) in [5.74, 6) is 0.647. The van der Waals surface area contributed by atoms with Crippen LogP contribution in [-0.2, 0) is 10.0 Å². The van der Waals surface area contributed by atoms with Crippen molar-refractivity contribution < 1.29 is 13.2 Å². The fourth-order valence-electron chi connectivity index (χ4n) is 1.26. The van der Waals surface area contributed by atoms with Crippen molar-refractivity contribution in [2.24, 2.45) is 0 Å². The summed E-state index contributed by atoms with van der Waals surface area (Å²) in [5, 5.41) is 0. The molecule has 6 heteroatoms. The van der Waals surface area contributed by atoms with Crippen LogP contribution in [0.5, 0.6) is 5.75 Å². The number of methoxy groups -OCH3 is 1. The summed E-state index contributed by atoms with van der Waals surface area (Å²) < 4.78 is 32.3. The molecule has 0 aliphatic rings. The molecule has 0 bridgehead atoms. The van der Waals surface area contributed by atoms with E-state index in [0.29, 0.717) is 12.3 Å². The summed E-state index contributed by atoms with van der Waals surface area (Å²) in [4.78, 5) is 0.271. The number of halogens is 1. The van der Waals surface area contributed by atoms with E-state index >= 15 is 0 Å². The van der Waals surface area contributed by atoms with Crippen LogP contribution < -0.4 is 9.46 Å². The Morgan fingerprint density at radius 1 is 1.24 bits per heavy atom. The minimum Gasteiger partial charge on any atom is -0.497 e. The summed E-state index contributed by atoms with van der Waals surface area (Å²) >= 11 is 2.28. The number of benzene rings is 1. The van der Waals surface area contributed by atoms with Crippen LogP contribution >= 0.6 is 22.6 Å². The van der Waals surface area contributed by atoms with Crippen molar-refractivity contribution in [2.45, 2.75) is 17.7 Å². The van der Waals surface area contributed by atoms with E-state index < -0.39 is 10.0 Å². The topological polar surface area (TPSA) is 55.4 Å². The Labute approximate surface area is 116 Å². The molecule has 1 aromatic rings. The van der Waals surface area contributed by atoms with E-state index in [2.05, 4.69) is 27.3 Å². The Balaban J connectivity index is 2.62. The van der Waals surface area contributed by atoms with E-state index in [9.17, 15) is 8.42 Å². The van der Waals surface area contributed by atoms with Crippen molar-refractivity contribution >= 4 is 32.6 Å². The lowest BCUT2D eigenvalue weighted by atomic mass is 10.3. The second kappa shape index (κ2) is 7.17. The first-order valence-electron chi connectivity index (χ1n) is 5.30. The lowest BCUT2D eigenvalue weighted by Gasteiger charge is -2.07. The molecule has 0 aliphatic heterocycles. The average molecular weight is 369 g/mol. The smallest absolute Gasteiger partial charge is 0.240 e. The Hall–Kier alpha value is -0.340. The van der Waals surface area contributed by atoms with Gasteiger partial charge in [-0.3, -0.25) is 0 Å². The zero-order chi connectivity index (χ0) is 12.7. The lowest BCUT2D eigenvalue weighted by molar-refractivity contribution is 0.414. The summed E-state index contributed by atoms with van der Waals surface area (Å²) in [5.41, 5.74) is 0. The van der Waals surface area contributed by atoms with Gasteiger partial charge in [0.25, 0.3) is 0 Å². The summed E-state index contributed by atoms with van der Waals surface area (Å²) in [6.45, 7) is 0.483. The van der Waals surface area contributed by atoms with E-state index in [1.807, 2.05) is 0 Å². The van der Waals surface area contributed by atoms with E-state index in [1.54, 1.807) is 31.4 Å². The van der Waals surface area contributed by atoms with E-state index in [1.165, 1.54) is 0 Å². The molecule has 17 heavy (non-hydrogen) atoms. The van der Waals surface area contributed by atoms with Gasteiger partial charge in [0.2, 0.25) is 10.0 Å². The van der Waals surface area contributed by atoms with Crippen LogP contribution in [0.4, 0.5) is 0 Å². The molecule has 0 saturated carbocycles. The molecule has 0 saturated heterocycles. The largest absolute Gasteiger partial charge is 0.497 e. The van der Waals surface area contributed by atoms with Gasteiger partial charge in [-0.2, -0.15) is 0 Å². The monoisotopic (exact) mass is 369 g/mol. The van der Waals surface area contributed by atoms with Crippen molar-refractivity contribution in [2.75, 3.05) is 18.1 Å². The van der Waals surface area contributed by atoms with Crippen molar-refractivity contribution in [3.05, 3.63) is 24.3 Å². The number of sulfonamides is 1. The minimum atomic E-state index is -3.37. The van der Waals surface area contributed by atoms with Gasteiger partial charge in [0.15, 0.2) is 0 Å². The number of unbranched alkanes of at least 4 members (excludes halogenated alkanes) is 1. The van der Waals surface area contributed by atoms with Crippen LogP contribution in [0.2, 0.25) is 0 Å². The van der Waals surface area contributed by atoms with E-state index in [0.717, 1.165) is 17.3 Å². The first-order chi connectivity index (χ1) is 8.10. The molecule has 0 atom stereocenters. The van der Waals surface area contributed by atoms with Gasteiger partial charge in [0.1, 0.15) is 5.75 Å². The third-order valence-electron chi connectivity index (χ3n) is 2.22. The molecule has 0 spiro atoms. The molecule has 0 aliphatic carbocycles. The van der Waals surface area contributed by atoms with Crippen molar-refractivity contribution in [1.82, 2.24) is 4.72 Å². The zero-order valence-corrected chi connectivity index (χ0v) is 12.6. The van der Waals surface area contributed by atoms with Gasteiger partial charge in [0, 0.05) is 6.54 Å². The zero-order valence-electron chi connectivity index (χ0n) is 9.65. The van der Waals surface area contributed by atoms with Gasteiger partial charge in [-0.15, -0.1) is 0 Å². The molecule has 0 fully saturated rings. The van der Waals surface area contributed by atoms with Crippen LogP contribution in [-0.4, -0.2) is 26.5 Å². The third kappa shape index (κ3) is 4.81. The molecule has 1 rings (SSSR count). The second-order valence-corrected chi connectivity index (χ2v) is 6.32. The molecule has 0 unspecified atom stereocenters. The molecule has 96 valence electrons. The van der Waals surface area contributed by atoms with Crippen LogP contribution in [0.3, 0.4) is 0 Å². The molecule has 1 N–H and O–H groups in total. The lowest BCUT2D eigenvalue weighted by Crippen LogP contribution is -2.24. The fraction of sp³-hybridized carbons (Fsp3) is 0.455. The highest BCUT2D eigenvalue weighted by Gasteiger charge is 2.12. The molecule has 4 nitrogen and oxygen atoms in total. The SMILES string of the molecule is COc1ccc(S(=O)(=O)NCCCCI)cc1. The van der Waals surface area contributed by atoms with Crippen LogP contribution in [0.25, 0.3) is 0 Å². The van der Waals surface area contributed by atoms with Crippen LogP contribution in [0, 0.1) is 0 Å². The number of nitrogens with one attached hydrogen (secondary N) is 1. The Morgan fingerprint density at radius 3 is 2.41 bits per heavy atom. The van der Waals surface area contributed by atoms with Gasteiger partial charge in [-0.1, -0.05) is 22.6 Å². The highest BCUT2D eigenvalue weighted by Crippen LogP contribution is 2.15. The molecular weight excluding hydrogens is 353 g/mol. The quantitative estimate of drug-likeness (QED) is 0.456. The number of ether oxygens (including phenoxy) is 1. The molecule has 0 amide bonds. The molecule has 0 heterocycles. The Bertz CT molecular complexity index is 431. The minimum absolute atomic E-state index is 0.271. The Morgan fingerprint density at radius 2 is 1.88 bits per heavy atom. The number of hydrogen-bond acceptors (Lipinski definition) is 3. The fourth-order valence-corrected chi connectivity index (χ4v) is 2.88. The first-order valence-corrected chi connectivity index (χ1v) is 8.30. The van der Waals surface area contributed by atoms with Gasteiger partial charge in [0.05, 0.1) is 12.0 Å². The van der Waals surface area contributed by atoms with Crippen LogP contribution in [0.15, 0.2) is 29.2 Å². The van der Waals surface area contributed by atoms with Crippen LogP contribution in [0.1, 0.15) is 12.8 Å². The predicted octanol–water partition coefficient (Wildman–Crippen LogP) is 2.19. The molecule has 1 aromatic carbocycles. The molecule has 0 radical (unpaired) electrons. The number of rotatable bonds is 7. The van der Waals surface area contributed by atoms with Crippen molar-refractivity contribution in [3.63, 3.8) is 0 Å². The summed E-state index contributed by atoms with van der Waals surface area (Å²) in [7, 11) is -1.83. The Kier molecular flexibility index (Phi) is 6.21. The highest BCUT2D eigenvalue weighted by molar-refractivity contribution is 14.1. The maximum absolute atomic E-state index is 11.8. The summed E-state index contributed by atoms with van der Waals surface area (Å²) in [6, 6.07) is 6.36. The average Bonchev–Trinajstić information content (AvgIpc) is 2.35. The maximum Gasteiger partial charge on any atom is 0.240 e. The van der Waals surface area contributed by atoms with Gasteiger partial charge < -0.3 is 4.74 Å². The third-order valence-corrected chi connectivity index (χ3v) is 4.46. The standard InChI is InChI=1S/C11H16INO3S/c1-16-10-4-6-11(7-5-10)17(14,15)13-9-3-2-8-12/h4-7,13H,2-3,8-9H2,1H3. The first kappa shape index (κ1) is 14.7. The molecular formula is C11H16INO3S. The van der Waals surface area contributed by atoms with Crippen molar-refractivity contribution in [1.29, 1.82) is 0 Å². The van der Waals surface area contributed by atoms with Gasteiger partial charge >= 0.3 is 0 Å². The maximum atomic E-state index is 11.8. The van der Waals surface area contributed by atoms with Gasteiger partial charge in [-0.25, -0.2) is 13.1 Å². The van der Waals surface area contributed by atoms with Crippen molar-refractivity contribution in [3.8, 4) is 5.75 Å². The molecule has 0 aromatic heterocycles.